The summed E-state index contributed by atoms with van der Waals surface area (Å²) in [5, 5.41) is 22.4. The molecular weight excluding hydrogens is 272 g/mol. The van der Waals surface area contributed by atoms with Gasteiger partial charge in [-0.3, -0.25) is 15.6 Å². The van der Waals surface area contributed by atoms with Crippen LogP contribution in [0.15, 0.2) is 23.3 Å². The largest absolute Gasteiger partial charge is 0.382 e. The first-order valence-electron chi connectivity index (χ1n) is 5.96. The molecule has 5 N–H and O–H groups in total. The number of hydrogen-bond donors (Lipinski definition) is 4. The van der Waals surface area contributed by atoms with E-state index >= 15 is 0 Å². The van der Waals surface area contributed by atoms with E-state index in [1.165, 1.54) is 7.11 Å². The summed E-state index contributed by atoms with van der Waals surface area (Å²) in [5.41, 5.74) is 9.54. The second kappa shape index (κ2) is 7.62. The van der Waals surface area contributed by atoms with Gasteiger partial charge in [0.15, 0.2) is 5.84 Å². The van der Waals surface area contributed by atoms with Crippen LogP contribution in [-0.2, 0) is 9.53 Å². The van der Waals surface area contributed by atoms with E-state index in [-0.39, 0.29) is 18.2 Å². The van der Waals surface area contributed by atoms with Gasteiger partial charge in [0.1, 0.15) is 12.7 Å². The number of carbonyl (C=O) groups is 1. The molecule has 0 aliphatic rings. The molecule has 0 saturated carbocycles. The van der Waals surface area contributed by atoms with Crippen LogP contribution in [0.2, 0.25) is 0 Å². The van der Waals surface area contributed by atoms with Gasteiger partial charge in [-0.15, -0.1) is 0 Å². The molecule has 0 heterocycles. The number of nitriles is 1. The minimum atomic E-state index is -0.424. The highest BCUT2D eigenvalue weighted by Crippen LogP contribution is 2.23. The van der Waals surface area contributed by atoms with Gasteiger partial charge in [0.05, 0.1) is 5.69 Å². The number of nitrogens with two attached hydrogens (primary N) is 1. The minimum Gasteiger partial charge on any atom is -0.382 e. The molecule has 1 rings (SSSR count). The Morgan fingerprint density at radius 2 is 2.19 bits per heavy atom. The number of hydrazone groups is 1. The zero-order valence-corrected chi connectivity index (χ0v) is 11.7. The molecule has 0 aliphatic heterocycles. The number of rotatable bonds is 6. The van der Waals surface area contributed by atoms with Crippen LogP contribution in [0.5, 0.6) is 0 Å². The summed E-state index contributed by atoms with van der Waals surface area (Å²) >= 11 is 0. The zero-order chi connectivity index (χ0) is 15.8. The molecule has 0 fully saturated rings. The highest BCUT2D eigenvalue weighted by molar-refractivity contribution is 6.45. The van der Waals surface area contributed by atoms with Crippen LogP contribution in [0, 0.1) is 23.7 Å². The number of amides is 1. The number of nitrogens with zero attached hydrogens (tertiary/aromatic N) is 2. The van der Waals surface area contributed by atoms with E-state index in [2.05, 4.69) is 15.8 Å². The van der Waals surface area contributed by atoms with Crippen LogP contribution in [-0.4, -0.2) is 31.2 Å². The predicted molar refractivity (Wildman–Crippen MR) is 80.3 cm³/mol. The molecule has 0 radical (unpaired) electrons. The third kappa shape index (κ3) is 4.59. The van der Waals surface area contributed by atoms with Gasteiger partial charge in [-0.2, -0.15) is 10.4 Å². The fraction of sp³-hybridized carbons (Fsp3) is 0.231. The lowest BCUT2D eigenvalue weighted by molar-refractivity contribution is -0.119. The lowest BCUT2D eigenvalue weighted by Crippen LogP contribution is -2.22. The molecule has 21 heavy (non-hydrogen) atoms. The summed E-state index contributed by atoms with van der Waals surface area (Å²) in [4.78, 5) is 11.5. The molecule has 110 valence electrons. The van der Waals surface area contributed by atoms with Crippen molar-refractivity contribution in [3.05, 3.63) is 23.8 Å². The van der Waals surface area contributed by atoms with Crippen LogP contribution < -0.4 is 16.5 Å². The van der Waals surface area contributed by atoms with Gasteiger partial charge in [-0.25, -0.2) is 0 Å². The topological polar surface area (TPSA) is 136 Å². The summed E-state index contributed by atoms with van der Waals surface area (Å²) in [6.07, 6.45) is 0. The molecule has 0 aliphatic carbocycles. The van der Waals surface area contributed by atoms with E-state index in [1.54, 1.807) is 31.2 Å². The summed E-state index contributed by atoms with van der Waals surface area (Å²) in [6.45, 7) is 1.73. The van der Waals surface area contributed by atoms with E-state index < -0.39 is 5.84 Å². The number of amidine groups is 1. The van der Waals surface area contributed by atoms with Crippen molar-refractivity contribution in [3.8, 4) is 6.07 Å². The van der Waals surface area contributed by atoms with Crippen molar-refractivity contribution >= 4 is 28.8 Å². The monoisotopic (exact) mass is 288 g/mol. The highest BCUT2D eigenvalue weighted by atomic mass is 16.5. The summed E-state index contributed by atoms with van der Waals surface area (Å²) in [5.74, 6) is -0.699. The molecule has 8 nitrogen and oxygen atoms in total. The van der Waals surface area contributed by atoms with Crippen molar-refractivity contribution in [2.75, 3.05) is 24.5 Å². The fourth-order valence-corrected chi connectivity index (χ4v) is 1.47. The average molecular weight is 288 g/mol. The van der Waals surface area contributed by atoms with Gasteiger partial charge in [0, 0.05) is 12.8 Å². The molecule has 0 bridgehead atoms. The molecular formula is C13H16N6O2. The molecule has 0 saturated heterocycles. The minimum absolute atomic E-state index is 0.0435. The number of nitrogens with one attached hydrogen (secondary N) is 3. The second-order valence-corrected chi connectivity index (χ2v) is 4.06. The number of carbonyl (C=O) groups excluding carboxylic acids is 1. The van der Waals surface area contributed by atoms with Gasteiger partial charge in [-0.1, -0.05) is 6.07 Å². The summed E-state index contributed by atoms with van der Waals surface area (Å²) < 4.78 is 4.74. The molecule has 8 heteroatoms. The van der Waals surface area contributed by atoms with Gasteiger partial charge in [0.25, 0.3) is 0 Å². The van der Waals surface area contributed by atoms with Crippen molar-refractivity contribution < 1.29 is 9.53 Å². The average Bonchev–Trinajstić information content (AvgIpc) is 2.43. The first-order chi connectivity index (χ1) is 9.99. The van der Waals surface area contributed by atoms with Crippen molar-refractivity contribution in [2.24, 2.45) is 10.8 Å². The number of anilines is 2. The third-order valence-electron chi connectivity index (χ3n) is 2.53. The van der Waals surface area contributed by atoms with Crippen LogP contribution in [0.4, 0.5) is 11.4 Å². The van der Waals surface area contributed by atoms with E-state index in [4.69, 9.17) is 21.1 Å². The molecule has 1 aromatic rings. The number of benzene rings is 1. The molecule has 1 aromatic carbocycles. The Balaban J connectivity index is 2.93. The van der Waals surface area contributed by atoms with Crippen molar-refractivity contribution in [1.82, 2.24) is 0 Å². The number of methoxy groups -OCH3 is 1. The Kier molecular flexibility index (Phi) is 5.85. The summed E-state index contributed by atoms with van der Waals surface area (Å²) in [6, 6.07) is 6.87. The van der Waals surface area contributed by atoms with Crippen LogP contribution in [0.25, 0.3) is 0 Å². The number of ether oxygens (including phenoxy) is 1. The molecule has 1 amide bonds. The van der Waals surface area contributed by atoms with E-state index in [1.807, 2.05) is 0 Å². The smallest absolute Gasteiger partial charge is 0.250 e. The van der Waals surface area contributed by atoms with E-state index in [0.29, 0.717) is 11.4 Å². The Hall–Kier alpha value is -2.92. The van der Waals surface area contributed by atoms with Gasteiger partial charge >= 0.3 is 0 Å². The second-order valence-electron chi connectivity index (χ2n) is 4.06. The summed E-state index contributed by atoms with van der Waals surface area (Å²) in [7, 11) is 1.43. The number of hydrogen-bond acceptors (Lipinski definition) is 6. The zero-order valence-electron chi connectivity index (χ0n) is 11.7. The van der Waals surface area contributed by atoms with Crippen LogP contribution in [0.3, 0.4) is 0 Å². The van der Waals surface area contributed by atoms with Gasteiger partial charge in [0.2, 0.25) is 11.6 Å². The van der Waals surface area contributed by atoms with E-state index in [0.717, 1.165) is 5.56 Å². The van der Waals surface area contributed by atoms with Crippen molar-refractivity contribution in [3.63, 3.8) is 0 Å². The molecule has 0 atom stereocenters. The van der Waals surface area contributed by atoms with E-state index in [9.17, 15) is 4.79 Å². The Labute approximate surface area is 122 Å². The van der Waals surface area contributed by atoms with Crippen LogP contribution in [0.1, 0.15) is 5.56 Å². The molecule has 0 unspecified atom stereocenters. The maximum absolute atomic E-state index is 11.5. The quantitative estimate of drug-likeness (QED) is 0.349. The predicted octanol–water partition coefficient (Wildman–Crippen LogP) is 0.807. The Morgan fingerprint density at radius 1 is 1.52 bits per heavy atom. The van der Waals surface area contributed by atoms with Crippen molar-refractivity contribution in [1.29, 1.82) is 10.7 Å². The maximum Gasteiger partial charge on any atom is 0.250 e. The van der Waals surface area contributed by atoms with Gasteiger partial charge in [-0.05, 0) is 24.6 Å². The third-order valence-corrected chi connectivity index (χ3v) is 2.53. The molecule has 0 aromatic heterocycles. The van der Waals surface area contributed by atoms with Crippen molar-refractivity contribution in [2.45, 2.75) is 6.92 Å². The standard InChI is InChI=1S/C13H16N6O2/c1-8-9(17-12(20)7-21-2)4-3-5-10(8)18-19-11(6-14)13(15)16/h3-5,18H,7H2,1-2H3,(H3,15,16)(H,17,20)/b19-11+. The Morgan fingerprint density at radius 3 is 2.76 bits per heavy atom. The van der Waals surface area contributed by atoms with Crippen LogP contribution >= 0.6 is 0 Å². The molecule has 0 spiro atoms. The Bertz CT molecular complexity index is 618. The first-order valence-corrected chi connectivity index (χ1v) is 5.96. The lowest BCUT2D eigenvalue weighted by atomic mass is 10.1. The maximum atomic E-state index is 11.5. The van der Waals surface area contributed by atoms with Gasteiger partial charge < -0.3 is 15.8 Å². The highest BCUT2D eigenvalue weighted by Gasteiger charge is 2.08. The first kappa shape index (κ1) is 16.1. The normalized spacial score (nSPS) is 10.6. The lowest BCUT2D eigenvalue weighted by Gasteiger charge is -2.12. The SMILES string of the molecule is COCC(=O)Nc1cccc(N/N=C(\C#N)C(=N)N)c1C. The fourth-order valence-electron chi connectivity index (χ4n) is 1.47.